The van der Waals surface area contributed by atoms with E-state index in [0.29, 0.717) is 25.7 Å². The number of halogens is 5. The van der Waals surface area contributed by atoms with Crippen LogP contribution in [0.15, 0.2) is 18.3 Å². The predicted molar refractivity (Wildman–Crippen MR) is 159 cm³/mol. The molecule has 264 valence electrons. The molecule has 2 aliphatic heterocycles. The Kier molecular flexibility index (Phi) is 9.67. The summed E-state index contributed by atoms with van der Waals surface area (Å²) in [5.74, 6) is -7.89. The van der Waals surface area contributed by atoms with Crippen molar-refractivity contribution in [3.63, 3.8) is 0 Å². The second-order valence-corrected chi connectivity index (χ2v) is 14.6. The highest BCUT2D eigenvalue weighted by molar-refractivity contribution is 8.01. The molecule has 6 atom stereocenters. The summed E-state index contributed by atoms with van der Waals surface area (Å²) >= 11 is 0.892. The fourth-order valence-corrected chi connectivity index (χ4v) is 9.02. The number of aromatic nitrogens is 3. The molecule has 17 heteroatoms. The van der Waals surface area contributed by atoms with Gasteiger partial charge in [0.25, 0.3) is 5.92 Å². The number of ketones is 1. The first-order valence-corrected chi connectivity index (χ1v) is 16.7. The number of carbonyl (C=O) groups excluding carboxylic acids is 2. The highest BCUT2D eigenvalue weighted by Gasteiger charge is 2.56. The van der Waals surface area contributed by atoms with Gasteiger partial charge in [-0.2, -0.15) is 0 Å². The number of nitrogens with zero attached hydrogens (tertiary/aromatic N) is 4. The molecule has 48 heavy (non-hydrogen) atoms. The fraction of sp³-hybridized carbons (Fsp3) is 0.677. The van der Waals surface area contributed by atoms with Crippen molar-refractivity contribution in [1.82, 2.24) is 19.9 Å². The number of hydrogen-bond donors (Lipinski definition) is 3. The first kappa shape index (κ1) is 35.1. The number of hydrogen-bond acceptors (Lipinski definition) is 10. The Balaban J connectivity index is 1.30. The second-order valence-electron chi connectivity index (χ2n) is 13.4. The first-order valence-electron chi connectivity index (χ1n) is 15.8. The molecule has 6 rings (SSSR count). The van der Waals surface area contributed by atoms with E-state index < -0.39 is 89.4 Å². The minimum absolute atomic E-state index is 0.0685. The lowest BCUT2D eigenvalue weighted by Crippen LogP contribution is -2.60. The second kappa shape index (κ2) is 13.2. The number of carbonyl (C=O) groups is 2. The lowest BCUT2D eigenvalue weighted by Gasteiger charge is -2.51. The van der Waals surface area contributed by atoms with Crippen molar-refractivity contribution in [3.05, 3.63) is 35.8 Å². The quantitative estimate of drug-likeness (QED) is 0.277. The number of alkyl halides is 2. The topological polar surface area (TPSA) is 147 Å². The lowest BCUT2D eigenvalue weighted by molar-refractivity contribution is -0.186. The van der Waals surface area contributed by atoms with Gasteiger partial charge in [-0.05, 0) is 43.2 Å². The molecule has 0 radical (unpaired) electrons. The summed E-state index contributed by atoms with van der Waals surface area (Å²) in [6, 6.07) is 0.318. The van der Waals surface area contributed by atoms with Crippen molar-refractivity contribution in [2.45, 2.75) is 97.9 Å². The van der Waals surface area contributed by atoms with E-state index in [0.717, 1.165) is 28.6 Å². The van der Waals surface area contributed by atoms with Crippen molar-refractivity contribution in [2.24, 2.45) is 5.41 Å². The largest absolute Gasteiger partial charge is 0.394 e. The Hall–Kier alpha value is -2.70. The third kappa shape index (κ3) is 6.61. The number of piperidine rings is 1. The number of rotatable bonds is 8. The highest BCUT2D eigenvalue weighted by Crippen LogP contribution is 2.54. The number of Topliss-reactive ketones (excluding diaryl/α,β-unsaturated/α-hetero) is 1. The molecule has 1 aromatic carbocycles. The van der Waals surface area contributed by atoms with Crippen LogP contribution in [0, 0.1) is 22.9 Å². The van der Waals surface area contributed by atoms with Gasteiger partial charge in [-0.3, -0.25) is 9.59 Å². The van der Waals surface area contributed by atoms with Crippen molar-refractivity contribution >= 4 is 23.5 Å². The molecule has 4 fully saturated rings. The summed E-state index contributed by atoms with van der Waals surface area (Å²) in [5, 5.41) is 40.2. The maximum atomic E-state index is 14.1. The maximum Gasteiger partial charge on any atom is 0.251 e. The van der Waals surface area contributed by atoms with E-state index in [1.165, 1.54) is 18.2 Å². The van der Waals surface area contributed by atoms with Gasteiger partial charge in [0.2, 0.25) is 5.91 Å². The summed E-state index contributed by atoms with van der Waals surface area (Å²) < 4.78 is 82.5. The van der Waals surface area contributed by atoms with Gasteiger partial charge in [0.15, 0.2) is 17.5 Å². The monoisotopic (exact) mass is 704 g/mol. The molecule has 2 aliphatic carbocycles. The number of benzene rings is 1. The molecule has 3 N–H and O–H groups in total. The van der Waals surface area contributed by atoms with Crippen LogP contribution in [0.3, 0.4) is 0 Å². The van der Waals surface area contributed by atoms with Crippen LogP contribution in [-0.4, -0.2) is 114 Å². The molecular weight excluding hydrogens is 667 g/mol. The average molecular weight is 705 g/mol. The van der Waals surface area contributed by atoms with Gasteiger partial charge in [-0.1, -0.05) is 5.21 Å². The molecule has 2 aromatic rings. The minimum Gasteiger partial charge on any atom is -0.394 e. The number of aliphatic hydroxyl groups excluding tert-OH is 2. The van der Waals surface area contributed by atoms with Crippen LogP contribution < -0.4 is 0 Å². The Labute approximate surface area is 276 Å². The first-order chi connectivity index (χ1) is 22.7. The Morgan fingerprint density at radius 3 is 2.29 bits per heavy atom. The van der Waals surface area contributed by atoms with Gasteiger partial charge < -0.3 is 29.7 Å². The van der Waals surface area contributed by atoms with E-state index in [2.05, 4.69) is 10.3 Å². The van der Waals surface area contributed by atoms with Crippen LogP contribution in [0.1, 0.15) is 57.4 Å². The number of amides is 1. The van der Waals surface area contributed by atoms with Crippen molar-refractivity contribution in [2.75, 3.05) is 26.8 Å². The molecule has 0 unspecified atom stereocenters. The van der Waals surface area contributed by atoms with E-state index in [4.69, 9.17) is 9.47 Å². The van der Waals surface area contributed by atoms with E-state index in [1.54, 1.807) is 0 Å². The highest BCUT2D eigenvalue weighted by atomic mass is 32.2. The lowest BCUT2D eigenvalue weighted by atomic mass is 9.57. The Morgan fingerprint density at radius 2 is 1.73 bits per heavy atom. The fourth-order valence-electron chi connectivity index (χ4n) is 7.36. The Morgan fingerprint density at radius 1 is 1.10 bits per heavy atom. The van der Waals surface area contributed by atoms with Crippen LogP contribution in [-0.2, 0) is 19.1 Å². The standard InChI is InChI=1S/C31H37F5N4O7S/c1-46-25-23(40-14-20(37-38-40)16-10-18(32)22(34)19(33)11-16)24(43)21(15-41)47-28(25)48-26(27(44)39-8-6-31(35,36)7-9-39)30(45)4-2-29(3-5-30)12-17(42)13-29/h10-11,14,21,23-26,28,41,43,45H,2-9,12-13,15H2,1H3/t21-,23+,24+,25-,26-,28+/m1/s1. The molecule has 1 spiro atoms. The zero-order valence-corrected chi connectivity index (χ0v) is 26.9. The number of aliphatic hydroxyl groups is 3. The molecule has 2 saturated carbocycles. The molecule has 0 bridgehead atoms. The molecule has 1 amide bonds. The zero-order valence-electron chi connectivity index (χ0n) is 26.0. The van der Waals surface area contributed by atoms with Crippen molar-refractivity contribution in [1.29, 1.82) is 0 Å². The number of thioether (sulfide) groups is 1. The molecule has 3 heterocycles. The summed E-state index contributed by atoms with van der Waals surface area (Å²) in [7, 11) is 1.30. The van der Waals surface area contributed by atoms with E-state index in [-0.39, 0.29) is 48.4 Å². The van der Waals surface area contributed by atoms with E-state index >= 15 is 0 Å². The van der Waals surface area contributed by atoms with Crippen LogP contribution in [0.25, 0.3) is 11.3 Å². The van der Waals surface area contributed by atoms with Gasteiger partial charge in [-0.15, -0.1) is 16.9 Å². The molecule has 1 aromatic heterocycles. The summed E-state index contributed by atoms with van der Waals surface area (Å²) in [4.78, 5) is 27.2. The third-order valence-electron chi connectivity index (χ3n) is 10.3. The molecule has 4 aliphatic rings. The minimum atomic E-state index is -2.92. The molecule has 2 saturated heterocycles. The van der Waals surface area contributed by atoms with E-state index in [1.807, 2.05) is 0 Å². The summed E-state index contributed by atoms with van der Waals surface area (Å²) in [6.07, 6.45) is -1.52. The zero-order chi connectivity index (χ0) is 34.6. The molecule has 11 nitrogen and oxygen atoms in total. The van der Waals surface area contributed by atoms with Gasteiger partial charge in [0.05, 0.1) is 18.4 Å². The normalized spacial score (nSPS) is 30.2. The average Bonchev–Trinajstić information content (AvgIpc) is 3.52. The van der Waals surface area contributed by atoms with Crippen molar-refractivity contribution in [3.8, 4) is 11.3 Å². The SMILES string of the molecule is CO[C@@H]1[C@@H](n2cc(-c3cc(F)c(F)c(F)c3)nn2)[C@@H](O)[C@@H](CO)O[C@H]1S[C@H](C(=O)N1CCC(F)(F)CC1)C1(O)CCC2(CC1)CC(=O)C2. The van der Waals surface area contributed by atoms with Gasteiger partial charge in [0.1, 0.15) is 46.5 Å². The number of likely N-dealkylation sites (tertiary alicyclic amines) is 1. The Bertz CT molecular complexity index is 1500. The van der Waals surface area contributed by atoms with Gasteiger partial charge in [-0.25, -0.2) is 26.6 Å². The predicted octanol–water partition coefficient (Wildman–Crippen LogP) is 3.01. The van der Waals surface area contributed by atoms with Crippen LogP contribution in [0.2, 0.25) is 0 Å². The van der Waals surface area contributed by atoms with Gasteiger partial charge >= 0.3 is 0 Å². The summed E-state index contributed by atoms with van der Waals surface area (Å²) in [5.41, 5.74) is -3.19. The van der Waals surface area contributed by atoms with Crippen LogP contribution in [0.4, 0.5) is 22.0 Å². The third-order valence-corrected chi connectivity index (χ3v) is 11.9. The van der Waals surface area contributed by atoms with Crippen molar-refractivity contribution < 1.29 is 56.3 Å². The van der Waals surface area contributed by atoms with Crippen LogP contribution in [0.5, 0.6) is 0 Å². The summed E-state index contributed by atoms with van der Waals surface area (Å²) in [6.45, 7) is -1.12. The maximum absolute atomic E-state index is 14.1. The van der Waals surface area contributed by atoms with E-state index in [9.17, 15) is 46.9 Å². The van der Waals surface area contributed by atoms with Gasteiger partial charge in [0, 0.05) is 51.4 Å². The molecular formula is C31H37F5N4O7S. The number of ether oxygens (including phenoxy) is 2. The number of methoxy groups -OCH3 is 1. The van der Waals surface area contributed by atoms with Crippen LogP contribution >= 0.6 is 11.8 Å². The smallest absolute Gasteiger partial charge is 0.251 e.